The first kappa shape index (κ1) is 20.4. The molecule has 2 N–H and O–H groups in total. The van der Waals surface area contributed by atoms with Crippen LogP contribution in [0.25, 0.3) is 0 Å². The number of methoxy groups -OCH3 is 1. The third kappa shape index (κ3) is 4.94. The van der Waals surface area contributed by atoms with E-state index in [0.717, 1.165) is 0 Å². The van der Waals surface area contributed by atoms with Crippen molar-refractivity contribution in [3.63, 3.8) is 0 Å². The maximum atomic E-state index is 12.7. The Labute approximate surface area is 168 Å². The van der Waals surface area contributed by atoms with Crippen molar-refractivity contribution in [1.82, 2.24) is 10.5 Å². The molecule has 1 amide bonds. The second-order valence-electron chi connectivity index (χ2n) is 6.43. The van der Waals surface area contributed by atoms with Crippen LogP contribution in [0.5, 0.6) is 5.75 Å². The molecule has 0 fully saturated rings. The van der Waals surface area contributed by atoms with Crippen molar-refractivity contribution in [3.05, 3.63) is 71.1 Å². The lowest BCUT2D eigenvalue weighted by Crippen LogP contribution is -2.24. The van der Waals surface area contributed by atoms with Crippen molar-refractivity contribution in [3.8, 4) is 5.75 Å². The fourth-order valence-corrected chi connectivity index (χ4v) is 3.73. The minimum atomic E-state index is -3.87. The monoisotopic (exact) mass is 415 g/mol. The van der Waals surface area contributed by atoms with Crippen molar-refractivity contribution < 1.29 is 22.5 Å². The van der Waals surface area contributed by atoms with Crippen LogP contribution < -0.4 is 14.8 Å². The highest BCUT2D eigenvalue weighted by Crippen LogP contribution is 2.21. The Kier molecular flexibility index (Phi) is 5.88. The molecule has 0 saturated heterocycles. The molecule has 0 atom stereocenters. The van der Waals surface area contributed by atoms with Crippen LogP contribution in [-0.4, -0.2) is 26.6 Å². The van der Waals surface area contributed by atoms with Crippen LogP contribution in [0, 0.1) is 13.8 Å². The number of nitrogens with zero attached hydrogens (tertiary/aromatic N) is 1. The number of aromatic nitrogens is 1. The van der Waals surface area contributed by atoms with E-state index in [2.05, 4.69) is 15.2 Å². The third-order valence-electron chi connectivity index (χ3n) is 4.21. The van der Waals surface area contributed by atoms with Crippen molar-refractivity contribution in [1.29, 1.82) is 0 Å². The number of amides is 1. The van der Waals surface area contributed by atoms with Gasteiger partial charge in [0.1, 0.15) is 5.75 Å². The normalized spacial score (nSPS) is 11.1. The maximum absolute atomic E-state index is 12.7. The smallest absolute Gasteiger partial charge is 0.261 e. The summed E-state index contributed by atoms with van der Waals surface area (Å²) in [5.41, 5.74) is 2.01. The SMILES string of the molecule is COc1ccc(NS(=O)(=O)c2ccc(C)c(C(=O)NCc3cc(C)no3)c2)cc1. The fourth-order valence-electron chi connectivity index (χ4n) is 2.65. The highest BCUT2D eigenvalue weighted by molar-refractivity contribution is 7.92. The zero-order valence-electron chi connectivity index (χ0n) is 16.2. The lowest BCUT2D eigenvalue weighted by Gasteiger charge is -2.12. The molecular weight excluding hydrogens is 394 g/mol. The van der Waals surface area contributed by atoms with E-state index in [1.165, 1.54) is 19.2 Å². The van der Waals surface area contributed by atoms with Gasteiger partial charge in [0.05, 0.1) is 24.2 Å². The summed E-state index contributed by atoms with van der Waals surface area (Å²) in [6, 6.07) is 12.6. The number of hydrogen-bond acceptors (Lipinski definition) is 6. The summed E-state index contributed by atoms with van der Waals surface area (Å²) >= 11 is 0. The molecule has 0 spiro atoms. The lowest BCUT2D eigenvalue weighted by molar-refractivity contribution is 0.0946. The van der Waals surface area contributed by atoms with Gasteiger partial charge in [-0.05, 0) is 55.8 Å². The van der Waals surface area contributed by atoms with Crippen LogP contribution in [0.15, 0.2) is 57.9 Å². The Bertz CT molecular complexity index is 1120. The molecular formula is C20H21N3O5S. The van der Waals surface area contributed by atoms with E-state index in [1.807, 2.05) is 0 Å². The summed E-state index contributed by atoms with van der Waals surface area (Å²) in [4.78, 5) is 12.5. The Morgan fingerprint density at radius 1 is 1.10 bits per heavy atom. The number of rotatable bonds is 7. The van der Waals surface area contributed by atoms with Gasteiger partial charge >= 0.3 is 0 Å². The second-order valence-corrected chi connectivity index (χ2v) is 8.11. The maximum Gasteiger partial charge on any atom is 0.261 e. The van der Waals surface area contributed by atoms with E-state index < -0.39 is 15.9 Å². The van der Waals surface area contributed by atoms with E-state index in [1.54, 1.807) is 50.2 Å². The van der Waals surface area contributed by atoms with E-state index >= 15 is 0 Å². The zero-order chi connectivity index (χ0) is 21.0. The first-order valence-electron chi connectivity index (χ1n) is 8.76. The molecule has 0 saturated carbocycles. The molecule has 8 nitrogen and oxygen atoms in total. The van der Waals surface area contributed by atoms with Crippen LogP contribution in [0.4, 0.5) is 5.69 Å². The number of ether oxygens (including phenoxy) is 1. The Hall–Kier alpha value is -3.33. The van der Waals surface area contributed by atoms with Crippen molar-refractivity contribution in [2.24, 2.45) is 0 Å². The van der Waals surface area contributed by atoms with E-state index in [-0.39, 0.29) is 17.0 Å². The predicted molar refractivity (Wildman–Crippen MR) is 107 cm³/mol. The van der Waals surface area contributed by atoms with E-state index in [4.69, 9.17) is 9.26 Å². The third-order valence-corrected chi connectivity index (χ3v) is 5.59. The molecule has 0 unspecified atom stereocenters. The molecule has 3 rings (SSSR count). The summed E-state index contributed by atoms with van der Waals surface area (Å²) < 4.78 is 38.1. The summed E-state index contributed by atoms with van der Waals surface area (Å²) in [5.74, 6) is 0.723. The number of benzene rings is 2. The van der Waals surface area contributed by atoms with Gasteiger partial charge in [0.2, 0.25) is 0 Å². The molecule has 0 bridgehead atoms. The Morgan fingerprint density at radius 2 is 1.83 bits per heavy atom. The molecule has 29 heavy (non-hydrogen) atoms. The van der Waals surface area contributed by atoms with Crippen molar-refractivity contribution in [2.75, 3.05) is 11.8 Å². The highest BCUT2D eigenvalue weighted by atomic mass is 32.2. The first-order valence-corrected chi connectivity index (χ1v) is 10.2. The number of anilines is 1. The van der Waals surface area contributed by atoms with E-state index in [0.29, 0.717) is 28.5 Å². The summed E-state index contributed by atoms with van der Waals surface area (Å²) in [5, 5.41) is 6.47. The number of aryl methyl sites for hydroxylation is 2. The van der Waals surface area contributed by atoms with Gasteiger partial charge in [0.15, 0.2) is 5.76 Å². The summed E-state index contributed by atoms with van der Waals surface area (Å²) in [6.45, 7) is 3.67. The minimum absolute atomic E-state index is 0.0143. The second kappa shape index (κ2) is 8.36. The molecule has 3 aromatic rings. The summed E-state index contributed by atoms with van der Waals surface area (Å²) in [7, 11) is -2.34. The molecule has 0 radical (unpaired) electrons. The largest absolute Gasteiger partial charge is 0.497 e. The number of carbonyl (C=O) groups excluding carboxylic acids is 1. The average Bonchev–Trinajstić information content (AvgIpc) is 3.12. The van der Waals surface area contributed by atoms with Crippen LogP contribution >= 0.6 is 0 Å². The zero-order valence-corrected chi connectivity index (χ0v) is 17.0. The van der Waals surface area contributed by atoms with Crippen LogP contribution in [0.1, 0.15) is 27.4 Å². The van der Waals surface area contributed by atoms with Crippen LogP contribution in [0.3, 0.4) is 0 Å². The lowest BCUT2D eigenvalue weighted by atomic mass is 10.1. The van der Waals surface area contributed by atoms with Gasteiger partial charge in [-0.2, -0.15) is 0 Å². The molecule has 1 heterocycles. The molecule has 152 valence electrons. The van der Waals surface area contributed by atoms with Crippen molar-refractivity contribution >= 4 is 21.6 Å². The topological polar surface area (TPSA) is 111 Å². The Balaban J connectivity index is 1.78. The molecule has 0 aliphatic heterocycles. The van der Waals surface area contributed by atoms with Gasteiger partial charge in [-0.3, -0.25) is 9.52 Å². The minimum Gasteiger partial charge on any atom is -0.497 e. The predicted octanol–water partition coefficient (Wildman–Crippen LogP) is 3.03. The Morgan fingerprint density at radius 3 is 2.45 bits per heavy atom. The number of carbonyl (C=O) groups is 1. The fraction of sp³-hybridized carbons (Fsp3) is 0.200. The van der Waals surface area contributed by atoms with Crippen LogP contribution in [-0.2, 0) is 16.6 Å². The molecule has 0 aliphatic carbocycles. The molecule has 0 aliphatic rings. The number of nitrogens with one attached hydrogen (secondary N) is 2. The van der Waals surface area contributed by atoms with Gasteiger partial charge in [-0.25, -0.2) is 8.42 Å². The average molecular weight is 415 g/mol. The standard InChI is InChI=1S/C20H21N3O5S/c1-13-4-9-18(29(25,26)23-15-5-7-16(27-3)8-6-15)11-19(13)20(24)21-12-17-10-14(2)22-28-17/h4-11,23H,12H2,1-3H3,(H,21,24). The quantitative estimate of drug-likeness (QED) is 0.614. The highest BCUT2D eigenvalue weighted by Gasteiger charge is 2.18. The number of sulfonamides is 1. The van der Waals surface area contributed by atoms with Gasteiger partial charge in [-0.1, -0.05) is 11.2 Å². The molecule has 9 heteroatoms. The molecule has 1 aromatic heterocycles. The van der Waals surface area contributed by atoms with Crippen molar-refractivity contribution in [2.45, 2.75) is 25.3 Å². The summed E-state index contributed by atoms with van der Waals surface area (Å²) in [6.07, 6.45) is 0. The van der Waals surface area contributed by atoms with Gasteiger partial charge in [0.25, 0.3) is 15.9 Å². The number of hydrogen-bond donors (Lipinski definition) is 2. The molecule has 2 aromatic carbocycles. The van der Waals surface area contributed by atoms with Gasteiger partial charge < -0.3 is 14.6 Å². The van der Waals surface area contributed by atoms with Gasteiger partial charge in [0, 0.05) is 17.3 Å². The first-order chi connectivity index (χ1) is 13.8. The van der Waals surface area contributed by atoms with Gasteiger partial charge in [-0.15, -0.1) is 0 Å². The van der Waals surface area contributed by atoms with E-state index in [9.17, 15) is 13.2 Å². The van der Waals surface area contributed by atoms with Crippen LogP contribution in [0.2, 0.25) is 0 Å².